The predicted octanol–water partition coefficient (Wildman–Crippen LogP) is 1.65. The summed E-state index contributed by atoms with van der Waals surface area (Å²) in [6.45, 7) is 4.39. The van der Waals surface area contributed by atoms with Crippen molar-refractivity contribution >= 4 is 11.9 Å². The lowest BCUT2D eigenvalue weighted by Gasteiger charge is -2.12. The summed E-state index contributed by atoms with van der Waals surface area (Å²) >= 11 is 0. The molecule has 0 bridgehead atoms. The van der Waals surface area contributed by atoms with Gasteiger partial charge in [-0.05, 0) is 25.5 Å². The van der Waals surface area contributed by atoms with Crippen LogP contribution in [0, 0.1) is 5.82 Å². The lowest BCUT2D eigenvalue weighted by Crippen LogP contribution is -2.43. The van der Waals surface area contributed by atoms with Gasteiger partial charge in [-0.15, -0.1) is 0 Å². The van der Waals surface area contributed by atoms with Crippen LogP contribution in [-0.2, 0) is 0 Å². The summed E-state index contributed by atoms with van der Waals surface area (Å²) in [5.41, 5.74) is -0.00319. The number of hydrogen-bond donors (Lipinski definition) is 3. The minimum absolute atomic E-state index is 0.00319. The molecule has 1 atom stereocenters. The fourth-order valence-electron chi connectivity index (χ4n) is 1.47. The Morgan fingerprint density at radius 1 is 1.20 bits per heavy atom. The van der Waals surface area contributed by atoms with Crippen molar-refractivity contribution in [3.05, 3.63) is 35.6 Å². The van der Waals surface area contributed by atoms with Gasteiger partial charge in [0.1, 0.15) is 5.82 Å². The Labute approximate surface area is 117 Å². The van der Waals surface area contributed by atoms with E-state index in [9.17, 15) is 14.0 Å². The van der Waals surface area contributed by atoms with Crippen molar-refractivity contribution in [3.63, 3.8) is 0 Å². The third-order valence-corrected chi connectivity index (χ3v) is 2.80. The van der Waals surface area contributed by atoms with Gasteiger partial charge in [-0.1, -0.05) is 19.1 Å². The highest BCUT2D eigenvalue weighted by Crippen LogP contribution is 2.05. The standard InChI is InChI=1S/C14H20FN3O2/c1-3-10(2)18-14(20)17-9-8-16-13(19)11-6-4-5-7-12(11)15/h4-7,10H,3,8-9H2,1-2H3,(H,16,19)(H2,17,18,20). The Morgan fingerprint density at radius 3 is 2.50 bits per heavy atom. The van der Waals surface area contributed by atoms with Gasteiger partial charge in [0.25, 0.3) is 5.91 Å². The lowest BCUT2D eigenvalue weighted by molar-refractivity contribution is 0.0949. The van der Waals surface area contributed by atoms with Crippen LogP contribution in [0.2, 0.25) is 0 Å². The first kappa shape index (κ1) is 15.9. The van der Waals surface area contributed by atoms with Gasteiger partial charge in [-0.25, -0.2) is 9.18 Å². The van der Waals surface area contributed by atoms with Crippen molar-refractivity contribution in [1.29, 1.82) is 0 Å². The summed E-state index contributed by atoms with van der Waals surface area (Å²) in [4.78, 5) is 23.0. The van der Waals surface area contributed by atoms with E-state index < -0.39 is 11.7 Å². The molecule has 0 aliphatic rings. The highest BCUT2D eigenvalue weighted by atomic mass is 19.1. The van der Waals surface area contributed by atoms with E-state index >= 15 is 0 Å². The molecule has 1 aromatic rings. The molecule has 1 aromatic carbocycles. The molecule has 0 aliphatic heterocycles. The molecular formula is C14H20FN3O2. The molecule has 0 spiro atoms. The Hall–Kier alpha value is -2.11. The SMILES string of the molecule is CCC(C)NC(=O)NCCNC(=O)c1ccccc1F. The molecule has 1 rings (SSSR count). The van der Waals surface area contributed by atoms with Crippen LogP contribution in [0.4, 0.5) is 9.18 Å². The maximum absolute atomic E-state index is 13.3. The fourth-order valence-corrected chi connectivity index (χ4v) is 1.47. The van der Waals surface area contributed by atoms with Crippen molar-refractivity contribution in [1.82, 2.24) is 16.0 Å². The lowest BCUT2D eigenvalue weighted by atomic mass is 10.2. The summed E-state index contributed by atoms with van der Waals surface area (Å²) in [5, 5.41) is 7.89. The summed E-state index contributed by atoms with van der Waals surface area (Å²) < 4.78 is 13.3. The molecule has 20 heavy (non-hydrogen) atoms. The molecule has 110 valence electrons. The van der Waals surface area contributed by atoms with Crippen molar-refractivity contribution in [2.75, 3.05) is 13.1 Å². The van der Waals surface area contributed by atoms with Crippen LogP contribution in [0.3, 0.4) is 0 Å². The van der Waals surface area contributed by atoms with Gasteiger partial charge in [0.2, 0.25) is 0 Å². The van der Waals surface area contributed by atoms with Crippen LogP contribution in [0.1, 0.15) is 30.6 Å². The first-order chi connectivity index (χ1) is 9.54. The summed E-state index contributed by atoms with van der Waals surface area (Å²) in [7, 11) is 0. The monoisotopic (exact) mass is 281 g/mol. The Balaban J connectivity index is 2.26. The number of halogens is 1. The number of carbonyl (C=O) groups is 2. The molecule has 0 saturated carbocycles. The van der Waals surface area contributed by atoms with E-state index in [-0.39, 0.29) is 30.7 Å². The average molecular weight is 281 g/mol. The zero-order valence-electron chi connectivity index (χ0n) is 11.7. The molecule has 3 amide bonds. The molecular weight excluding hydrogens is 261 g/mol. The highest BCUT2D eigenvalue weighted by molar-refractivity contribution is 5.94. The van der Waals surface area contributed by atoms with Gasteiger partial charge in [-0.2, -0.15) is 0 Å². The highest BCUT2D eigenvalue weighted by Gasteiger charge is 2.10. The number of benzene rings is 1. The summed E-state index contributed by atoms with van der Waals surface area (Å²) in [6.07, 6.45) is 0.845. The van der Waals surface area contributed by atoms with Crippen molar-refractivity contribution in [2.24, 2.45) is 0 Å². The first-order valence-corrected chi connectivity index (χ1v) is 6.61. The minimum Gasteiger partial charge on any atom is -0.350 e. The van der Waals surface area contributed by atoms with E-state index in [4.69, 9.17) is 0 Å². The number of hydrogen-bond acceptors (Lipinski definition) is 2. The van der Waals surface area contributed by atoms with E-state index in [2.05, 4.69) is 16.0 Å². The Bertz CT molecular complexity index is 465. The summed E-state index contributed by atoms with van der Waals surface area (Å²) in [5.74, 6) is -1.06. The van der Waals surface area contributed by atoms with Crippen molar-refractivity contribution in [3.8, 4) is 0 Å². The van der Waals surface area contributed by atoms with E-state index in [0.29, 0.717) is 0 Å². The molecule has 3 N–H and O–H groups in total. The molecule has 0 aliphatic carbocycles. The van der Waals surface area contributed by atoms with E-state index in [1.165, 1.54) is 18.2 Å². The molecule has 0 fully saturated rings. The van der Waals surface area contributed by atoms with E-state index in [1.54, 1.807) is 6.07 Å². The van der Waals surface area contributed by atoms with E-state index in [0.717, 1.165) is 6.42 Å². The maximum atomic E-state index is 13.3. The van der Waals surface area contributed by atoms with Gasteiger partial charge in [-0.3, -0.25) is 4.79 Å². The molecule has 0 saturated heterocycles. The van der Waals surface area contributed by atoms with Crippen LogP contribution in [0.15, 0.2) is 24.3 Å². The van der Waals surface area contributed by atoms with Crippen molar-refractivity contribution < 1.29 is 14.0 Å². The van der Waals surface area contributed by atoms with Crippen LogP contribution < -0.4 is 16.0 Å². The zero-order chi connectivity index (χ0) is 15.0. The summed E-state index contributed by atoms with van der Waals surface area (Å²) in [6, 6.07) is 5.57. The minimum atomic E-state index is -0.563. The largest absolute Gasteiger partial charge is 0.350 e. The number of amides is 3. The van der Waals surface area contributed by atoms with Gasteiger partial charge >= 0.3 is 6.03 Å². The molecule has 6 heteroatoms. The fraction of sp³-hybridized carbons (Fsp3) is 0.429. The second-order valence-electron chi connectivity index (χ2n) is 4.45. The molecule has 0 radical (unpaired) electrons. The van der Waals surface area contributed by atoms with Crippen LogP contribution in [0.5, 0.6) is 0 Å². The smallest absolute Gasteiger partial charge is 0.315 e. The Kier molecular flexibility index (Phi) is 6.49. The second kappa shape index (κ2) is 8.14. The second-order valence-corrected chi connectivity index (χ2v) is 4.45. The van der Waals surface area contributed by atoms with E-state index in [1.807, 2.05) is 13.8 Å². The predicted molar refractivity (Wildman–Crippen MR) is 75.0 cm³/mol. The number of carbonyl (C=O) groups excluding carboxylic acids is 2. The molecule has 5 nitrogen and oxygen atoms in total. The topological polar surface area (TPSA) is 70.2 Å². The third-order valence-electron chi connectivity index (χ3n) is 2.80. The van der Waals surface area contributed by atoms with Crippen LogP contribution in [-0.4, -0.2) is 31.1 Å². The quantitative estimate of drug-likeness (QED) is 0.694. The maximum Gasteiger partial charge on any atom is 0.315 e. The molecule has 0 heterocycles. The third kappa shape index (κ3) is 5.26. The molecule has 1 unspecified atom stereocenters. The first-order valence-electron chi connectivity index (χ1n) is 6.61. The van der Waals surface area contributed by atoms with Crippen molar-refractivity contribution in [2.45, 2.75) is 26.3 Å². The van der Waals surface area contributed by atoms with Crippen LogP contribution in [0.25, 0.3) is 0 Å². The number of rotatable bonds is 6. The van der Waals surface area contributed by atoms with Crippen LogP contribution >= 0.6 is 0 Å². The number of nitrogens with one attached hydrogen (secondary N) is 3. The van der Waals surface area contributed by atoms with Gasteiger partial charge in [0, 0.05) is 19.1 Å². The molecule has 0 aromatic heterocycles. The van der Waals surface area contributed by atoms with Gasteiger partial charge < -0.3 is 16.0 Å². The van der Waals surface area contributed by atoms with Gasteiger partial charge in [0.05, 0.1) is 5.56 Å². The average Bonchev–Trinajstić information content (AvgIpc) is 2.43. The normalized spacial score (nSPS) is 11.6. The van der Waals surface area contributed by atoms with Gasteiger partial charge in [0.15, 0.2) is 0 Å². The Morgan fingerprint density at radius 2 is 1.85 bits per heavy atom. The zero-order valence-corrected chi connectivity index (χ0v) is 11.7. The number of urea groups is 1.